The van der Waals surface area contributed by atoms with Crippen molar-refractivity contribution in [3.05, 3.63) is 60.2 Å². The topological polar surface area (TPSA) is 38.1 Å². The fourth-order valence-corrected chi connectivity index (χ4v) is 1.54. The Kier molecular flexibility index (Phi) is 3.97. The zero-order chi connectivity index (χ0) is 11.9. The Hall–Kier alpha value is -2.03. The molecular formula is C14H15N3. The van der Waals surface area contributed by atoms with Crippen molar-refractivity contribution < 1.29 is 0 Å². The lowest BCUT2D eigenvalue weighted by molar-refractivity contribution is 0.921. The molecule has 0 radical (unpaired) electrons. The minimum Gasteiger partial charge on any atom is -0.287 e. The van der Waals surface area contributed by atoms with Crippen LogP contribution < -0.4 is 0 Å². The second-order valence-corrected chi connectivity index (χ2v) is 3.75. The molecule has 0 aliphatic heterocycles. The molecule has 0 bridgehead atoms. The molecule has 17 heavy (non-hydrogen) atoms. The SMILES string of the molecule is CC(=NCCc1ccccn1)c1ccccn1. The highest BCUT2D eigenvalue weighted by molar-refractivity contribution is 5.96. The first-order valence-electron chi connectivity index (χ1n) is 5.68. The number of aliphatic imine (C=N–C) groups is 1. The monoisotopic (exact) mass is 225 g/mol. The predicted molar refractivity (Wildman–Crippen MR) is 69.3 cm³/mol. The molecule has 0 aliphatic rings. The van der Waals surface area contributed by atoms with Crippen LogP contribution in [0.2, 0.25) is 0 Å². The summed E-state index contributed by atoms with van der Waals surface area (Å²) >= 11 is 0. The molecule has 86 valence electrons. The normalized spacial score (nSPS) is 11.5. The second-order valence-electron chi connectivity index (χ2n) is 3.75. The van der Waals surface area contributed by atoms with Crippen LogP contribution >= 0.6 is 0 Å². The number of nitrogens with zero attached hydrogens (tertiary/aromatic N) is 3. The summed E-state index contributed by atoms with van der Waals surface area (Å²) in [5.41, 5.74) is 2.99. The molecule has 2 rings (SSSR count). The van der Waals surface area contributed by atoms with Gasteiger partial charge in [-0.3, -0.25) is 15.0 Å². The first-order chi connectivity index (χ1) is 8.36. The Morgan fingerprint density at radius 1 is 1.06 bits per heavy atom. The van der Waals surface area contributed by atoms with Crippen LogP contribution in [0.3, 0.4) is 0 Å². The smallest absolute Gasteiger partial charge is 0.0836 e. The lowest BCUT2D eigenvalue weighted by atomic mass is 10.2. The van der Waals surface area contributed by atoms with Crippen LogP contribution in [0, 0.1) is 0 Å². The molecule has 2 aromatic heterocycles. The van der Waals surface area contributed by atoms with E-state index in [4.69, 9.17) is 0 Å². The summed E-state index contributed by atoms with van der Waals surface area (Å²) in [5.74, 6) is 0. The summed E-state index contributed by atoms with van der Waals surface area (Å²) in [6, 6.07) is 11.8. The number of hydrogen-bond acceptors (Lipinski definition) is 3. The van der Waals surface area contributed by atoms with Crippen molar-refractivity contribution in [3.63, 3.8) is 0 Å². The molecule has 2 heterocycles. The summed E-state index contributed by atoms with van der Waals surface area (Å²) in [7, 11) is 0. The molecule has 3 heteroatoms. The Balaban J connectivity index is 1.93. The average Bonchev–Trinajstić information content (AvgIpc) is 2.41. The molecule has 0 N–H and O–H groups in total. The average molecular weight is 225 g/mol. The van der Waals surface area contributed by atoms with E-state index in [1.807, 2.05) is 49.5 Å². The van der Waals surface area contributed by atoms with Gasteiger partial charge >= 0.3 is 0 Å². The minimum absolute atomic E-state index is 0.749. The molecule has 0 atom stereocenters. The van der Waals surface area contributed by atoms with Gasteiger partial charge in [0.15, 0.2) is 0 Å². The van der Waals surface area contributed by atoms with E-state index in [2.05, 4.69) is 15.0 Å². The zero-order valence-corrected chi connectivity index (χ0v) is 9.87. The molecule has 0 aliphatic carbocycles. The Bertz CT molecular complexity index is 477. The lowest BCUT2D eigenvalue weighted by Crippen LogP contribution is -2.01. The van der Waals surface area contributed by atoms with Gasteiger partial charge in [-0.25, -0.2) is 0 Å². The molecule has 0 spiro atoms. The maximum atomic E-state index is 4.50. The molecule has 0 saturated heterocycles. The number of pyridine rings is 2. The van der Waals surface area contributed by atoms with Gasteiger partial charge in [-0.05, 0) is 31.2 Å². The molecule has 0 amide bonds. The summed E-state index contributed by atoms with van der Waals surface area (Å²) in [5, 5.41) is 0. The fraction of sp³-hybridized carbons (Fsp3) is 0.214. The Labute approximate surface area is 101 Å². The van der Waals surface area contributed by atoms with Gasteiger partial charge in [0.25, 0.3) is 0 Å². The van der Waals surface area contributed by atoms with Gasteiger partial charge in [-0.1, -0.05) is 12.1 Å². The predicted octanol–water partition coefficient (Wildman–Crippen LogP) is 2.53. The standard InChI is InChI=1S/C14H15N3/c1-12(14-7-3-5-10-17-14)15-11-8-13-6-2-4-9-16-13/h2-7,9-10H,8,11H2,1H3. The van der Waals surface area contributed by atoms with E-state index in [9.17, 15) is 0 Å². The number of hydrogen-bond donors (Lipinski definition) is 0. The minimum atomic E-state index is 0.749. The zero-order valence-electron chi connectivity index (χ0n) is 9.87. The van der Waals surface area contributed by atoms with Crippen molar-refractivity contribution in [2.24, 2.45) is 4.99 Å². The number of rotatable bonds is 4. The summed E-state index contributed by atoms with van der Waals surface area (Å²) < 4.78 is 0. The van der Waals surface area contributed by atoms with Crippen LogP contribution in [0.4, 0.5) is 0 Å². The maximum Gasteiger partial charge on any atom is 0.0836 e. The molecule has 0 fully saturated rings. The van der Waals surface area contributed by atoms with E-state index in [1.165, 1.54) is 0 Å². The molecular weight excluding hydrogens is 210 g/mol. The van der Waals surface area contributed by atoms with Crippen molar-refractivity contribution in [1.29, 1.82) is 0 Å². The largest absolute Gasteiger partial charge is 0.287 e. The molecule has 2 aromatic rings. The first-order valence-corrected chi connectivity index (χ1v) is 5.68. The van der Waals surface area contributed by atoms with E-state index < -0.39 is 0 Å². The van der Waals surface area contributed by atoms with Gasteiger partial charge in [-0.2, -0.15) is 0 Å². The third-order valence-electron chi connectivity index (χ3n) is 2.48. The van der Waals surface area contributed by atoms with Crippen LogP contribution in [0.25, 0.3) is 0 Å². The highest BCUT2D eigenvalue weighted by Gasteiger charge is 1.97. The van der Waals surface area contributed by atoms with Crippen LogP contribution in [0.1, 0.15) is 18.3 Å². The van der Waals surface area contributed by atoms with Gasteiger partial charge in [-0.15, -0.1) is 0 Å². The molecule has 0 aromatic carbocycles. The van der Waals surface area contributed by atoms with Crippen LogP contribution in [0.5, 0.6) is 0 Å². The van der Waals surface area contributed by atoms with E-state index in [0.717, 1.165) is 30.1 Å². The molecule has 3 nitrogen and oxygen atoms in total. The summed E-state index contributed by atoms with van der Waals surface area (Å²) in [4.78, 5) is 13.0. The van der Waals surface area contributed by atoms with Crippen molar-refractivity contribution >= 4 is 5.71 Å². The van der Waals surface area contributed by atoms with E-state index in [-0.39, 0.29) is 0 Å². The van der Waals surface area contributed by atoms with Crippen LogP contribution in [-0.2, 0) is 6.42 Å². The molecule has 0 unspecified atom stereocenters. The van der Waals surface area contributed by atoms with Gasteiger partial charge in [0.05, 0.1) is 11.4 Å². The van der Waals surface area contributed by atoms with Crippen molar-refractivity contribution in [3.8, 4) is 0 Å². The Morgan fingerprint density at radius 3 is 2.47 bits per heavy atom. The summed E-state index contributed by atoms with van der Waals surface area (Å²) in [6.07, 6.45) is 4.46. The third-order valence-corrected chi connectivity index (χ3v) is 2.48. The van der Waals surface area contributed by atoms with Crippen LogP contribution in [-0.4, -0.2) is 22.2 Å². The van der Waals surface area contributed by atoms with Gasteiger partial charge in [0.2, 0.25) is 0 Å². The van der Waals surface area contributed by atoms with Gasteiger partial charge < -0.3 is 0 Å². The van der Waals surface area contributed by atoms with E-state index in [0.29, 0.717) is 0 Å². The Morgan fingerprint density at radius 2 is 1.82 bits per heavy atom. The number of aromatic nitrogens is 2. The van der Waals surface area contributed by atoms with Crippen molar-refractivity contribution in [2.75, 3.05) is 6.54 Å². The lowest BCUT2D eigenvalue weighted by Gasteiger charge is -2.00. The van der Waals surface area contributed by atoms with Crippen LogP contribution in [0.15, 0.2) is 53.8 Å². The van der Waals surface area contributed by atoms with Gasteiger partial charge in [0, 0.05) is 31.1 Å². The quantitative estimate of drug-likeness (QED) is 0.750. The maximum absolute atomic E-state index is 4.50. The second kappa shape index (κ2) is 5.89. The first kappa shape index (κ1) is 11.5. The van der Waals surface area contributed by atoms with Gasteiger partial charge in [0.1, 0.15) is 0 Å². The highest BCUT2D eigenvalue weighted by atomic mass is 14.8. The van der Waals surface area contributed by atoms with Crippen molar-refractivity contribution in [1.82, 2.24) is 9.97 Å². The van der Waals surface area contributed by atoms with E-state index >= 15 is 0 Å². The fourth-order valence-electron chi connectivity index (χ4n) is 1.54. The third kappa shape index (κ3) is 3.48. The molecule has 0 saturated carbocycles. The summed E-state index contributed by atoms with van der Waals surface area (Å²) in [6.45, 7) is 2.74. The highest BCUT2D eigenvalue weighted by Crippen LogP contribution is 1.99. The van der Waals surface area contributed by atoms with E-state index in [1.54, 1.807) is 6.20 Å². The van der Waals surface area contributed by atoms with Crippen molar-refractivity contribution in [2.45, 2.75) is 13.3 Å².